The number of nitrogens with zero attached hydrogens (tertiary/aromatic N) is 1. The molecule has 0 aromatic heterocycles. The van der Waals surface area contributed by atoms with E-state index in [-0.39, 0.29) is 36.8 Å². The number of rotatable bonds is 5. The molecule has 0 atom stereocenters. The first-order chi connectivity index (χ1) is 10.1. The van der Waals surface area contributed by atoms with Crippen LogP contribution in [0.5, 0.6) is 11.5 Å². The number of methoxy groups -OCH3 is 2. The third-order valence-electron chi connectivity index (χ3n) is 3.68. The van der Waals surface area contributed by atoms with Gasteiger partial charge in [-0.2, -0.15) is 0 Å². The second-order valence-electron chi connectivity index (χ2n) is 5.23. The summed E-state index contributed by atoms with van der Waals surface area (Å²) in [6.07, 6.45) is 1.89. The van der Waals surface area contributed by atoms with Gasteiger partial charge in [0.1, 0.15) is 11.5 Å². The summed E-state index contributed by atoms with van der Waals surface area (Å²) in [5, 5.41) is 2.88. The normalized spacial score (nSPS) is 15.1. The molecule has 0 unspecified atom stereocenters. The molecule has 2 rings (SSSR count). The van der Waals surface area contributed by atoms with Crippen LogP contribution in [0.4, 0.5) is 5.69 Å². The molecule has 6 nitrogen and oxygen atoms in total. The lowest BCUT2D eigenvalue weighted by Gasteiger charge is -2.29. The van der Waals surface area contributed by atoms with Crippen LogP contribution in [0.15, 0.2) is 18.2 Å². The Balaban J connectivity index is 0.00000242. The summed E-state index contributed by atoms with van der Waals surface area (Å²) in [6.45, 7) is 2.12. The van der Waals surface area contributed by atoms with Crippen molar-refractivity contribution in [2.75, 3.05) is 39.2 Å². The SMILES string of the molecule is COc1ccc(NC(=O)CN2CCC(N)CC2)c(OC)c1.Cl.Cl. The second-order valence-corrected chi connectivity index (χ2v) is 5.23. The van der Waals surface area contributed by atoms with Crippen molar-refractivity contribution in [3.63, 3.8) is 0 Å². The van der Waals surface area contributed by atoms with Crippen molar-refractivity contribution in [3.05, 3.63) is 18.2 Å². The number of nitrogens with two attached hydrogens (primary N) is 1. The van der Waals surface area contributed by atoms with Crippen LogP contribution >= 0.6 is 24.8 Å². The lowest BCUT2D eigenvalue weighted by molar-refractivity contribution is -0.117. The Morgan fingerprint density at radius 3 is 2.48 bits per heavy atom. The Kier molecular flexibility index (Phi) is 9.99. The number of carbonyl (C=O) groups is 1. The predicted molar refractivity (Wildman–Crippen MR) is 96.3 cm³/mol. The highest BCUT2D eigenvalue weighted by atomic mass is 35.5. The smallest absolute Gasteiger partial charge is 0.238 e. The molecular formula is C15H25Cl2N3O3. The van der Waals surface area contributed by atoms with Crippen LogP contribution in [-0.2, 0) is 4.79 Å². The summed E-state index contributed by atoms with van der Waals surface area (Å²) < 4.78 is 10.4. The predicted octanol–water partition coefficient (Wildman–Crippen LogP) is 1.91. The van der Waals surface area contributed by atoms with E-state index in [4.69, 9.17) is 15.2 Å². The standard InChI is InChI=1S/C15H23N3O3.2ClH/c1-20-12-3-4-13(14(9-12)21-2)17-15(19)10-18-7-5-11(16)6-8-18;;/h3-4,9,11H,5-8,10,16H2,1-2H3,(H,17,19);2*1H. The Labute approximate surface area is 149 Å². The maximum atomic E-state index is 12.1. The zero-order valence-electron chi connectivity index (χ0n) is 13.4. The molecule has 1 aromatic rings. The van der Waals surface area contributed by atoms with Crippen LogP contribution in [0.1, 0.15) is 12.8 Å². The van der Waals surface area contributed by atoms with Gasteiger partial charge in [-0.3, -0.25) is 9.69 Å². The quantitative estimate of drug-likeness (QED) is 0.833. The van der Waals surface area contributed by atoms with Crippen LogP contribution in [0, 0.1) is 0 Å². The molecule has 0 spiro atoms. The third kappa shape index (κ3) is 6.43. The van der Waals surface area contributed by atoms with E-state index in [0.29, 0.717) is 23.7 Å². The van der Waals surface area contributed by atoms with Crippen LogP contribution in [0.3, 0.4) is 0 Å². The number of hydrogen-bond acceptors (Lipinski definition) is 5. The lowest BCUT2D eigenvalue weighted by atomic mass is 10.1. The molecule has 0 saturated carbocycles. The number of ether oxygens (including phenoxy) is 2. The Morgan fingerprint density at radius 1 is 1.26 bits per heavy atom. The van der Waals surface area contributed by atoms with E-state index in [2.05, 4.69) is 10.2 Å². The fraction of sp³-hybridized carbons (Fsp3) is 0.533. The van der Waals surface area contributed by atoms with Gasteiger partial charge in [-0.25, -0.2) is 0 Å². The van der Waals surface area contributed by atoms with Crippen LogP contribution in [-0.4, -0.2) is 50.7 Å². The molecule has 1 heterocycles. The minimum absolute atomic E-state index is 0. The van der Waals surface area contributed by atoms with Crippen molar-refractivity contribution < 1.29 is 14.3 Å². The highest BCUT2D eigenvalue weighted by Gasteiger charge is 2.18. The highest BCUT2D eigenvalue weighted by molar-refractivity contribution is 5.93. The van der Waals surface area contributed by atoms with Crippen molar-refractivity contribution >= 4 is 36.4 Å². The average Bonchev–Trinajstić information content (AvgIpc) is 2.50. The van der Waals surface area contributed by atoms with E-state index >= 15 is 0 Å². The monoisotopic (exact) mass is 365 g/mol. The molecule has 132 valence electrons. The molecular weight excluding hydrogens is 341 g/mol. The summed E-state index contributed by atoms with van der Waals surface area (Å²) in [4.78, 5) is 14.2. The molecule has 0 aliphatic carbocycles. The van der Waals surface area contributed by atoms with Gasteiger partial charge in [0.15, 0.2) is 0 Å². The fourth-order valence-electron chi connectivity index (χ4n) is 2.41. The summed E-state index contributed by atoms with van der Waals surface area (Å²) in [5.41, 5.74) is 6.51. The number of hydrogen-bond donors (Lipinski definition) is 2. The van der Waals surface area contributed by atoms with Crippen molar-refractivity contribution in [2.24, 2.45) is 5.73 Å². The topological polar surface area (TPSA) is 76.8 Å². The molecule has 1 saturated heterocycles. The zero-order chi connectivity index (χ0) is 15.2. The van der Waals surface area contributed by atoms with Crippen molar-refractivity contribution in [1.29, 1.82) is 0 Å². The van der Waals surface area contributed by atoms with Gasteiger partial charge in [0, 0.05) is 25.2 Å². The summed E-state index contributed by atoms with van der Waals surface area (Å²) >= 11 is 0. The number of benzene rings is 1. The zero-order valence-corrected chi connectivity index (χ0v) is 15.0. The Morgan fingerprint density at radius 2 is 1.91 bits per heavy atom. The van der Waals surface area contributed by atoms with Crippen molar-refractivity contribution in [3.8, 4) is 11.5 Å². The fourth-order valence-corrected chi connectivity index (χ4v) is 2.41. The molecule has 3 N–H and O–H groups in total. The number of halogens is 2. The maximum Gasteiger partial charge on any atom is 0.238 e. The molecule has 1 aliphatic heterocycles. The second kappa shape index (κ2) is 10.5. The molecule has 0 bridgehead atoms. The number of anilines is 1. The number of nitrogens with one attached hydrogen (secondary N) is 1. The van der Waals surface area contributed by atoms with Gasteiger partial charge in [-0.15, -0.1) is 24.8 Å². The maximum absolute atomic E-state index is 12.1. The van der Waals surface area contributed by atoms with Crippen molar-refractivity contribution in [1.82, 2.24) is 4.90 Å². The molecule has 1 amide bonds. The van der Waals surface area contributed by atoms with Gasteiger partial charge in [-0.05, 0) is 25.0 Å². The largest absolute Gasteiger partial charge is 0.497 e. The van der Waals surface area contributed by atoms with Gasteiger partial charge in [-0.1, -0.05) is 0 Å². The van der Waals surface area contributed by atoms with Gasteiger partial charge in [0.2, 0.25) is 5.91 Å². The Bertz CT molecular complexity index is 495. The van der Waals surface area contributed by atoms with Crippen molar-refractivity contribution in [2.45, 2.75) is 18.9 Å². The summed E-state index contributed by atoms with van der Waals surface area (Å²) in [7, 11) is 3.16. The highest BCUT2D eigenvalue weighted by Crippen LogP contribution is 2.28. The van der Waals surface area contributed by atoms with E-state index in [0.717, 1.165) is 25.9 Å². The molecule has 23 heavy (non-hydrogen) atoms. The number of amides is 1. The first-order valence-electron chi connectivity index (χ1n) is 7.12. The first kappa shape index (κ1) is 21.8. The van der Waals surface area contributed by atoms with E-state index in [9.17, 15) is 4.79 Å². The molecule has 8 heteroatoms. The van der Waals surface area contributed by atoms with Crippen LogP contribution in [0.2, 0.25) is 0 Å². The van der Waals surface area contributed by atoms with Gasteiger partial charge in [0.05, 0.1) is 26.5 Å². The average molecular weight is 366 g/mol. The number of piperidine rings is 1. The lowest BCUT2D eigenvalue weighted by Crippen LogP contribution is -2.43. The minimum Gasteiger partial charge on any atom is -0.497 e. The van der Waals surface area contributed by atoms with Crippen LogP contribution in [0.25, 0.3) is 0 Å². The molecule has 1 aromatic carbocycles. The molecule has 0 radical (unpaired) electrons. The van der Waals surface area contributed by atoms with E-state index in [1.807, 2.05) is 0 Å². The van der Waals surface area contributed by atoms with Crippen LogP contribution < -0.4 is 20.5 Å². The van der Waals surface area contributed by atoms with E-state index in [1.54, 1.807) is 32.4 Å². The number of likely N-dealkylation sites (tertiary alicyclic amines) is 1. The molecule has 1 aliphatic rings. The van der Waals surface area contributed by atoms with Gasteiger partial charge < -0.3 is 20.5 Å². The van der Waals surface area contributed by atoms with E-state index in [1.165, 1.54) is 0 Å². The van der Waals surface area contributed by atoms with Gasteiger partial charge >= 0.3 is 0 Å². The summed E-state index contributed by atoms with van der Waals surface area (Å²) in [5.74, 6) is 1.23. The Hall–Kier alpha value is -1.21. The molecule has 1 fully saturated rings. The van der Waals surface area contributed by atoms with E-state index < -0.39 is 0 Å². The number of carbonyl (C=O) groups excluding carboxylic acids is 1. The summed E-state index contributed by atoms with van der Waals surface area (Å²) in [6, 6.07) is 5.58. The third-order valence-corrected chi connectivity index (χ3v) is 3.68. The minimum atomic E-state index is -0.0473. The first-order valence-corrected chi connectivity index (χ1v) is 7.12. The van der Waals surface area contributed by atoms with Gasteiger partial charge in [0.25, 0.3) is 0 Å².